The topological polar surface area (TPSA) is 102 Å². The van der Waals surface area contributed by atoms with Gasteiger partial charge in [0.25, 0.3) is 0 Å². The number of rotatable bonds is 8. The first-order valence-electron chi connectivity index (χ1n) is 5.27. The lowest BCUT2D eigenvalue weighted by atomic mass is 10.3. The van der Waals surface area contributed by atoms with E-state index in [0.717, 1.165) is 0 Å². The highest BCUT2D eigenvalue weighted by Gasteiger charge is 2.20. The van der Waals surface area contributed by atoms with Crippen LogP contribution < -0.4 is 0 Å². The van der Waals surface area contributed by atoms with Crippen molar-refractivity contribution < 1.29 is 33.4 Å². The van der Waals surface area contributed by atoms with Crippen LogP contribution in [0.15, 0.2) is 24.3 Å². The Kier molecular flexibility index (Phi) is 8.18. The Morgan fingerprint density at radius 3 is 1.84 bits per heavy atom. The first-order chi connectivity index (χ1) is 8.73. The van der Waals surface area contributed by atoms with Crippen molar-refractivity contribution in [1.29, 1.82) is 0 Å². The van der Waals surface area contributed by atoms with Crippen LogP contribution >= 0.6 is 8.60 Å². The van der Waals surface area contributed by atoms with Crippen molar-refractivity contribution >= 4 is 20.5 Å². The summed E-state index contributed by atoms with van der Waals surface area (Å²) in [6, 6.07) is 0. The number of carbonyl (C=O) groups excluding carboxylic acids is 2. The molecule has 0 amide bonds. The van der Waals surface area contributed by atoms with E-state index in [1.807, 2.05) is 0 Å². The van der Waals surface area contributed by atoms with E-state index in [2.05, 4.69) is 17.7 Å². The molecule has 7 nitrogen and oxygen atoms in total. The van der Waals surface area contributed by atoms with E-state index in [9.17, 15) is 9.59 Å². The summed E-state index contributed by atoms with van der Waals surface area (Å²) >= 11 is 0. The molecule has 0 aromatic carbocycles. The van der Waals surface area contributed by atoms with Crippen LogP contribution in [0.2, 0.25) is 0 Å². The molecule has 0 rings (SSSR count). The monoisotopic (exact) mass is 292 g/mol. The van der Waals surface area contributed by atoms with Gasteiger partial charge in [-0.15, -0.1) is 0 Å². The molecule has 0 radical (unpaired) electrons. The van der Waals surface area contributed by atoms with Crippen LogP contribution in [0, 0.1) is 0 Å². The van der Waals surface area contributed by atoms with Crippen molar-refractivity contribution in [2.75, 3.05) is 6.61 Å². The average Bonchev–Trinajstić information content (AvgIpc) is 2.27. The predicted octanol–water partition coefficient (Wildman–Crippen LogP) is 1.17. The highest BCUT2D eigenvalue weighted by atomic mass is 31.2. The highest BCUT2D eigenvalue weighted by Crippen LogP contribution is 2.24. The second kappa shape index (κ2) is 8.77. The fourth-order valence-corrected chi connectivity index (χ4v) is 1.08. The zero-order chi connectivity index (χ0) is 15.0. The van der Waals surface area contributed by atoms with Gasteiger partial charge in [-0.2, -0.15) is 0 Å². The zero-order valence-electron chi connectivity index (χ0n) is 10.8. The van der Waals surface area contributed by atoms with Gasteiger partial charge in [0.2, 0.25) is 6.29 Å². The normalized spacial score (nSPS) is 10.4. The molecule has 0 bridgehead atoms. The molecule has 0 aromatic heterocycles. The Bertz CT molecular complexity index is 336. The molecule has 0 aliphatic carbocycles. The minimum atomic E-state index is -2.51. The van der Waals surface area contributed by atoms with Crippen molar-refractivity contribution in [3.05, 3.63) is 24.3 Å². The molecule has 0 saturated heterocycles. The maximum absolute atomic E-state index is 11.3. The molecule has 0 atom stereocenters. The van der Waals surface area contributed by atoms with E-state index in [4.69, 9.17) is 19.3 Å². The third-order valence-corrected chi connectivity index (χ3v) is 2.15. The molecule has 0 aliphatic rings. The zero-order valence-corrected chi connectivity index (χ0v) is 11.7. The quantitative estimate of drug-likeness (QED) is 0.299. The molecule has 19 heavy (non-hydrogen) atoms. The average molecular weight is 292 g/mol. The second-order valence-electron chi connectivity index (χ2n) is 3.68. The summed E-state index contributed by atoms with van der Waals surface area (Å²) in [5.74, 6) is -1.45. The van der Waals surface area contributed by atoms with Gasteiger partial charge in [0.05, 0.1) is 6.61 Å². The first kappa shape index (κ1) is 17.7. The highest BCUT2D eigenvalue weighted by molar-refractivity contribution is 7.39. The summed E-state index contributed by atoms with van der Waals surface area (Å²) in [7, 11) is -2.51. The van der Waals surface area contributed by atoms with Crippen molar-refractivity contribution in [2.24, 2.45) is 0 Å². The lowest BCUT2D eigenvalue weighted by Crippen LogP contribution is -2.26. The van der Waals surface area contributed by atoms with Gasteiger partial charge in [-0.1, -0.05) is 13.2 Å². The van der Waals surface area contributed by atoms with E-state index in [0.29, 0.717) is 0 Å². The molecule has 2 N–H and O–H groups in total. The van der Waals surface area contributed by atoms with Crippen molar-refractivity contribution in [3.63, 3.8) is 0 Å². The van der Waals surface area contributed by atoms with Gasteiger partial charge >= 0.3 is 20.5 Å². The van der Waals surface area contributed by atoms with Crippen molar-refractivity contribution in [1.82, 2.24) is 0 Å². The Labute approximate surface area is 112 Å². The maximum atomic E-state index is 11.3. The van der Waals surface area contributed by atoms with Crippen LogP contribution in [0.5, 0.6) is 0 Å². The summed E-state index contributed by atoms with van der Waals surface area (Å²) in [4.78, 5) is 39.8. The fraction of sp³-hybridized carbons (Fsp3) is 0.455. The molecule has 0 fully saturated rings. The molecule has 0 aliphatic heterocycles. The van der Waals surface area contributed by atoms with Crippen LogP contribution in [0.1, 0.15) is 20.3 Å². The van der Waals surface area contributed by atoms with Crippen LogP contribution in [0.25, 0.3) is 0 Å². The summed E-state index contributed by atoms with van der Waals surface area (Å²) in [5, 5.41) is 0. The predicted molar refractivity (Wildman–Crippen MR) is 67.5 cm³/mol. The third kappa shape index (κ3) is 8.45. The lowest BCUT2D eigenvalue weighted by Gasteiger charge is -2.18. The van der Waals surface area contributed by atoms with Gasteiger partial charge in [-0.3, -0.25) is 0 Å². The lowest BCUT2D eigenvalue weighted by molar-refractivity contribution is -0.184. The van der Waals surface area contributed by atoms with Gasteiger partial charge in [0.15, 0.2) is 0 Å². The molecule has 8 heteroatoms. The molecule has 0 heterocycles. The fourth-order valence-electron chi connectivity index (χ4n) is 0.812. The van der Waals surface area contributed by atoms with Gasteiger partial charge in [-0.25, -0.2) is 9.59 Å². The van der Waals surface area contributed by atoms with E-state index in [1.54, 1.807) is 0 Å². The van der Waals surface area contributed by atoms with Crippen molar-refractivity contribution in [2.45, 2.75) is 26.6 Å². The van der Waals surface area contributed by atoms with E-state index >= 15 is 0 Å². The van der Waals surface area contributed by atoms with Gasteiger partial charge in [-0.05, 0) is 13.8 Å². The van der Waals surface area contributed by atoms with Crippen LogP contribution in [0.3, 0.4) is 0 Å². The smallest absolute Gasteiger partial charge is 0.336 e. The summed E-state index contributed by atoms with van der Waals surface area (Å²) in [5.41, 5.74) is 0.285. The number of hydrogen-bond donors (Lipinski definition) is 2. The van der Waals surface area contributed by atoms with Crippen LogP contribution in [0.4, 0.5) is 0 Å². The first-order valence-corrected chi connectivity index (χ1v) is 6.44. The number of esters is 2. The van der Waals surface area contributed by atoms with E-state index < -0.39 is 26.8 Å². The minimum Gasteiger partial charge on any atom is -0.422 e. The van der Waals surface area contributed by atoms with Gasteiger partial charge in [0.1, 0.15) is 0 Å². The number of carbonyl (C=O) groups is 2. The van der Waals surface area contributed by atoms with E-state index in [1.165, 1.54) is 13.8 Å². The molecule has 108 valence electrons. The molecule has 0 aromatic rings. The standard InChI is InChI=1S/C11H17O7P/c1-7(2)10(12)17-9(5-6-16-19(14)15)18-11(13)8(3)4/h9,14-15H,1,3,5-6H2,2,4H3. The van der Waals surface area contributed by atoms with E-state index in [-0.39, 0.29) is 24.2 Å². The van der Waals surface area contributed by atoms with Crippen LogP contribution in [-0.2, 0) is 23.6 Å². The number of hydrogen-bond acceptors (Lipinski definition) is 7. The minimum absolute atomic E-state index is 0.0437. The molecule has 0 unspecified atom stereocenters. The third-order valence-electron chi connectivity index (χ3n) is 1.73. The SMILES string of the molecule is C=C(C)C(=O)OC(CCOP(O)O)OC(=O)C(=C)C. The summed E-state index contributed by atoms with van der Waals surface area (Å²) < 4.78 is 14.2. The Hall–Kier alpha value is -1.27. The maximum Gasteiger partial charge on any atom is 0.336 e. The summed E-state index contributed by atoms with van der Waals surface area (Å²) in [6.07, 6.45) is -1.25. The molecule has 0 saturated carbocycles. The summed E-state index contributed by atoms with van der Waals surface area (Å²) in [6.45, 7) is 9.51. The van der Waals surface area contributed by atoms with Gasteiger partial charge in [0, 0.05) is 17.6 Å². The number of ether oxygens (including phenoxy) is 2. The van der Waals surface area contributed by atoms with Crippen LogP contribution in [-0.4, -0.2) is 34.6 Å². The van der Waals surface area contributed by atoms with Gasteiger partial charge < -0.3 is 23.8 Å². The molecule has 0 spiro atoms. The molecular weight excluding hydrogens is 275 g/mol. The molecular formula is C11H17O7P. The Morgan fingerprint density at radius 2 is 1.53 bits per heavy atom. The van der Waals surface area contributed by atoms with Crippen molar-refractivity contribution in [3.8, 4) is 0 Å². The Morgan fingerprint density at radius 1 is 1.11 bits per heavy atom. The second-order valence-corrected chi connectivity index (χ2v) is 4.44. The Balaban J connectivity index is 4.45. The largest absolute Gasteiger partial charge is 0.422 e.